The molecule has 1 unspecified atom stereocenters. The fourth-order valence-corrected chi connectivity index (χ4v) is 6.44. The SMILES string of the molecule is COCc1ccccc1C(Cn1c(=O)n(C(C)(C)C(=O)O)c(=O)c2c(C)c(-c3ncco3)sc21)OC1CCOCC1. The summed E-state index contributed by atoms with van der Waals surface area (Å²) >= 11 is 1.21. The number of aryl methyl sites for hydroxylation is 1. The molecule has 4 heterocycles. The van der Waals surface area contributed by atoms with Gasteiger partial charge >= 0.3 is 11.7 Å². The van der Waals surface area contributed by atoms with E-state index in [1.165, 1.54) is 42.2 Å². The Morgan fingerprint density at radius 1 is 1.24 bits per heavy atom. The van der Waals surface area contributed by atoms with Crippen LogP contribution < -0.4 is 11.2 Å². The molecule has 218 valence electrons. The lowest BCUT2D eigenvalue weighted by molar-refractivity contribution is -0.146. The third-order valence-electron chi connectivity index (χ3n) is 7.50. The molecule has 41 heavy (non-hydrogen) atoms. The van der Waals surface area contributed by atoms with Gasteiger partial charge in [-0.25, -0.2) is 19.1 Å². The summed E-state index contributed by atoms with van der Waals surface area (Å²) in [4.78, 5) is 45.5. The first-order valence-corrected chi connectivity index (χ1v) is 14.2. The number of methoxy groups -OCH3 is 1. The van der Waals surface area contributed by atoms with E-state index in [1.807, 2.05) is 24.3 Å². The minimum atomic E-state index is -1.81. The Kier molecular flexibility index (Phi) is 8.28. The molecular weight excluding hydrogens is 550 g/mol. The lowest BCUT2D eigenvalue weighted by Crippen LogP contribution is -2.52. The topological polar surface area (TPSA) is 135 Å². The number of ether oxygens (including phenoxy) is 3. The maximum Gasteiger partial charge on any atom is 0.333 e. The van der Waals surface area contributed by atoms with Crippen molar-refractivity contribution in [2.45, 2.75) is 64.5 Å². The molecule has 0 radical (unpaired) electrons. The highest BCUT2D eigenvalue weighted by atomic mass is 32.1. The Balaban J connectivity index is 1.75. The average molecular weight is 584 g/mol. The van der Waals surface area contributed by atoms with Crippen LogP contribution in [0, 0.1) is 6.92 Å². The maximum atomic E-state index is 14.2. The molecule has 1 N–H and O–H groups in total. The molecule has 0 spiro atoms. The van der Waals surface area contributed by atoms with Crippen molar-refractivity contribution in [1.29, 1.82) is 0 Å². The fourth-order valence-electron chi connectivity index (χ4n) is 5.20. The first-order chi connectivity index (χ1) is 19.6. The van der Waals surface area contributed by atoms with Gasteiger partial charge in [-0.05, 0) is 50.3 Å². The number of hydrogen-bond donors (Lipinski definition) is 1. The summed E-state index contributed by atoms with van der Waals surface area (Å²) in [5.41, 5.74) is -0.924. The van der Waals surface area contributed by atoms with E-state index < -0.39 is 28.9 Å². The second-order valence-corrected chi connectivity index (χ2v) is 11.5. The van der Waals surface area contributed by atoms with Crippen molar-refractivity contribution in [3.05, 3.63) is 74.3 Å². The predicted molar refractivity (Wildman–Crippen MR) is 152 cm³/mol. The quantitative estimate of drug-likeness (QED) is 0.293. The van der Waals surface area contributed by atoms with Gasteiger partial charge in [0, 0.05) is 20.3 Å². The molecule has 3 aromatic heterocycles. The largest absolute Gasteiger partial charge is 0.480 e. The first kappa shape index (κ1) is 28.9. The number of carboxylic acids is 1. The van der Waals surface area contributed by atoms with E-state index in [4.69, 9.17) is 18.6 Å². The Morgan fingerprint density at radius 2 is 1.98 bits per heavy atom. The van der Waals surface area contributed by atoms with Gasteiger partial charge in [-0.1, -0.05) is 24.3 Å². The third-order valence-corrected chi connectivity index (χ3v) is 8.80. The summed E-state index contributed by atoms with van der Waals surface area (Å²) in [6, 6.07) is 7.70. The van der Waals surface area contributed by atoms with Crippen LogP contribution in [-0.4, -0.2) is 51.6 Å². The Morgan fingerprint density at radius 3 is 2.63 bits per heavy atom. The molecule has 11 nitrogen and oxygen atoms in total. The summed E-state index contributed by atoms with van der Waals surface area (Å²) in [6.07, 6.45) is 3.63. The highest BCUT2D eigenvalue weighted by Gasteiger charge is 2.36. The monoisotopic (exact) mass is 583 g/mol. The number of carbonyl (C=O) groups is 1. The molecule has 1 aliphatic heterocycles. The lowest BCUT2D eigenvalue weighted by atomic mass is 10.0. The summed E-state index contributed by atoms with van der Waals surface area (Å²) in [6.45, 7) is 5.95. The van der Waals surface area contributed by atoms with Crippen molar-refractivity contribution < 1.29 is 28.5 Å². The van der Waals surface area contributed by atoms with Crippen LogP contribution >= 0.6 is 11.3 Å². The predicted octanol–water partition coefficient (Wildman–Crippen LogP) is 4.09. The van der Waals surface area contributed by atoms with Gasteiger partial charge in [-0.15, -0.1) is 11.3 Å². The zero-order chi connectivity index (χ0) is 29.3. The number of rotatable bonds is 10. The van der Waals surface area contributed by atoms with Crippen molar-refractivity contribution in [3.63, 3.8) is 0 Å². The van der Waals surface area contributed by atoms with Crippen LogP contribution in [0.1, 0.15) is 49.5 Å². The molecule has 5 rings (SSSR count). The smallest absolute Gasteiger partial charge is 0.333 e. The molecule has 1 fully saturated rings. The fraction of sp³-hybridized carbons (Fsp3) is 0.448. The number of aliphatic carboxylic acids is 1. The number of thiophene rings is 1. The van der Waals surface area contributed by atoms with Gasteiger partial charge in [-0.2, -0.15) is 0 Å². The van der Waals surface area contributed by atoms with E-state index >= 15 is 0 Å². The molecule has 12 heteroatoms. The zero-order valence-electron chi connectivity index (χ0n) is 23.4. The number of oxazole rings is 1. The minimum Gasteiger partial charge on any atom is -0.480 e. The van der Waals surface area contributed by atoms with E-state index in [0.29, 0.717) is 53.8 Å². The number of aromatic nitrogens is 3. The Labute approximate surface area is 239 Å². The number of nitrogens with zero attached hydrogens (tertiary/aromatic N) is 3. The van der Waals surface area contributed by atoms with Crippen molar-refractivity contribution in [3.8, 4) is 10.8 Å². The molecule has 0 amide bonds. The number of carboxylic acid groups (broad SMARTS) is 1. The average Bonchev–Trinajstić information content (AvgIpc) is 3.59. The van der Waals surface area contributed by atoms with Crippen molar-refractivity contribution >= 4 is 27.5 Å². The van der Waals surface area contributed by atoms with E-state index in [1.54, 1.807) is 14.0 Å². The molecule has 1 aliphatic rings. The van der Waals surface area contributed by atoms with Gasteiger partial charge in [0.05, 0.1) is 35.7 Å². The highest BCUT2D eigenvalue weighted by molar-refractivity contribution is 7.22. The molecule has 1 atom stereocenters. The lowest BCUT2D eigenvalue weighted by Gasteiger charge is -2.30. The molecule has 0 bridgehead atoms. The van der Waals surface area contributed by atoms with Gasteiger partial charge in [0.1, 0.15) is 22.7 Å². The highest BCUT2D eigenvalue weighted by Crippen LogP contribution is 2.37. The summed E-state index contributed by atoms with van der Waals surface area (Å²) in [5.74, 6) is -0.990. The number of hydrogen-bond acceptors (Lipinski definition) is 9. The van der Waals surface area contributed by atoms with Gasteiger partial charge < -0.3 is 23.7 Å². The standard InChI is InChI=1S/C29H33N3O8S/c1-17-22-25(33)32(29(2,3)27(34)35)28(36)31(26(22)41-23(17)24-30-11-14-39-24)15-21(40-19-9-12-38-13-10-19)20-8-6-5-7-18(20)16-37-4/h5-8,11,14,19,21H,9-10,12-13,15-16H2,1-4H3,(H,34,35). The van der Waals surface area contributed by atoms with Crippen molar-refractivity contribution in [2.24, 2.45) is 0 Å². The molecule has 0 saturated carbocycles. The van der Waals surface area contributed by atoms with Crippen LogP contribution in [0.2, 0.25) is 0 Å². The molecular formula is C29H33N3O8S. The van der Waals surface area contributed by atoms with Gasteiger partial charge in [0.15, 0.2) is 0 Å². The van der Waals surface area contributed by atoms with Crippen LogP contribution in [0.3, 0.4) is 0 Å². The molecule has 0 aliphatic carbocycles. The summed E-state index contributed by atoms with van der Waals surface area (Å²) in [7, 11) is 1.61. The van der Waals surface area contributed by atoms with E-state index in [0.717, 1.165) is 15.7 Å². The summed E-state index contributed by atoms with van der Waals surface area (Å²) < 4.78 is 25.4. The molecule has 4 aromatic rings. The van der Waals surface area contributed by atoms with Crippen LogP contribution in [0.5, 0.6) is 0 Å². The number of benzene rings is 1. The van der Waals surface area contributed by atoms with Crippen LogP contribution in [0.15, 0.2) is 50.7 Å². The van der Waals surface area contributed by atoms with Crippen LogP contribution in [-0.2, 0) is 37.7 Å². The van der Waals surface area contributed by atoms with Gasteiger partial charge in [0.2, 0.25) is 5.89 Å². The van der Waals surface area contributed by atoms with E-state index in [9.17, 15) is 19.5 Å². The second kappa shape index (κ2) is 11.7. The number of fused-ring (bicyclic) bond motifs is 1. The van der Waals surface area contributed by atoms with Gasteiger partial charge in [-0.3, -0.25) is 9.36 Å². The van der Waals surface area contributed by atoms with Gasteiger partial charge in [0.25, 0.3) is 5.56 Å². The Bertz CT molecular complexity index is 1660. The van der Waals surface area contributed by atoms with Crippen molar-refractivity contribution in [2.75, 3.05) is 20.3 Å². The van der Waals surface area contributed by atoms with Crippen molar-refractivity contribution in [1.82, 2.24) is 14.1 Å². The molecule has 1 saturated heterocycles. The zero-order valence-corrected chi connectivity index (χ0v) is 24.2. The van der Waals surface area contributed by atoms with E-state index in [-0.39, 0.29) is 18.0 Å². The third kappa shape index (κ3) is 5.40. The Hall–Kier alpha value is -3.58. The first-order valence-electron chi connectivity index (χ1n) is 13.4. The summed E-state index contributed by atoms with van der Waals surface area (Å²) in [5, 5.41) is 10.3. The molecule has 1 aromatic carbocycles. The van der Waals surface area contributed by atoms with Crippen LogP contribution in [0.4, 0.5) is 0 Å². The maximum absolute atomic E-state index is 14.2. The normalized spacial score (nSPS) is 15.4. The minimum absolute atomic E-state index is 0.0361. The van der Waals surface area contributed by atoms with Crippen LogP contribution in [0.25, 0.3) is 21.0 Å². The second-order valence-electron chi connectivity index (χ2n) is 10.5. The van der Waals surface area contributed by atoms with E-state index in [2.05, 4.69) is 4.98 Å².